The maximum Gasteiger partial charge on any atom is 0.153 e. The highest BCUT2D eigenvalue weighted by molar-refractivity contribution is 5.79. The van der Waals surface area contributed by atoms with Crippen molar-refractivity contribution in [1.82, 2.24) is 4.98 Å². The van der Waals surface area contributed by atoms with E-state index in [9.17, 15) is 9.90 Å². The van der Waals surface area contributed by atoms with Gasteiger partial charge in [-0.15, -0.1) is 0 Å². The third kappa shape index (κ3) is 3.29. The van der Waals surface area contributed by atoms with Crippen molar-refractivity contribution < 1.29 is 19.7 Å². The lowest BCUT2D eigenvalue weighted by Gasteiger charge is -2.07. The second-order valence-corrected chi connectivity index (χ2v) is 3.91. The molecule has 0 bridgehead atoms. The van der Waals surface area contributed by atoms with E-state index in [1.807, 2.05) is 0 Å². The van der Waals surface area contributed by atoms with E-state index in [2.05, 4.69) is 4.98 Å². The Morgan fingerprint density at radius 1 is 1.21 bits per heavy atom. The number of phenolic OH excluding ortho intramolecular Hbond substituents is 1. The molecule has 0 saturated carbocycles. The highest BCUT2D eigenvalue weighted by Crippen LogP contribution is 2.21. The lowest BCUT2D eigenvalue weighted by molar-refractivity contribution is 0.112. The first-order chi connectivity index (χ1) is 9.22. The molecule has 0 aliphatic carbocycles. The summed E-state index contributed by atoms with van der Waals surface area (Å²) in [4.78, 5) is 14.9. The highest BCUT2D eigenvalue weighted by atomic mass is 16.5. The molecule has 98 valence electrons. The van der Waals surface area contributed by atoms with Crippen LogP contribution in [-0.4, -0.2) is 21.5 Å². The van der Waals surface area contributed by atoms with Gasteiger partial charge < -0.3 is 14.9 Å². The number of carbonyl (C=O) groups is 1. The number of ether oxygens (including phenoxy) is 1. The van der Waals surface area contributed by atoms with E-state index in [1.54, 1.807) is 24.3 Å². The van der Waals surface area contributed by atoms with Gasteiger partial charge in [0.25, 0.3) is 0 Å². The van der Waals surface area contributed by atoms with Gasteiger partial charge in [-0.3, -0.25) is 9.78 Å². The summed E-state index contributed by atoms with van der Waals surface area (Å²) in [6.45, 7) is 0.0965. The Bertz CT molecular complexity index is 583. The third-order valence-corrected chi connectivity index (χ3v) is 2.54. The minimum Gasteiger partial charge on any atom is -0.507 e. The van der Waals surface area contributed by atoms with Crippen LogP contribution in [0.25, 0.3) is 0 Å². The Balaban J connectivity index is 2.07. The molecule has 2 rings (SSSR count). The minimum absolute atomic E-state index is 0.0808. The third-order valence-electron chi connectivity index (χ3n) is 2.54. The van der Waals surface area contributed by atoms with Crippen molar-refractivity contribution in [2.75, 3.05) is 0 Å². The van der Waals surface area contributed by atoms with Crippen LogP contribution in [0, 0.1) is 0 Å². The molecule has 0 aliphatic rings. The standard InChI is InChI=1S/C14H13NO4/c16-7-10-6-13(4-5-14(10)18)19-9-12-3-1-2-11(8-17)15-12/h1-7,17-18H,8-9H2. The first kappa shape index (κ1) is 13.0. The monoisotopic (exact) mass is 259 g/mol. The zero-order valence-electron chi connectivity index (χ0n) is 10.1. The van der Waals surface area contributed by atoms with Gasteiger partial charge in [0.1, 0.15) is 18.1 Å². The van der Waals surface area contributed by atoms with Crippen LogP contribution in [0.1, 0.15) is 21.7 Å². The van der Waals surface area contributed by atoms with Crippen molar-refractivity contribution >= 4 is 6.29 Å². The van der Waals surface area contributed by atoms with Crippen LogP contribution in [0.2, 0.25) is 0 Å². The van der Waals surface area contributed by atoms with Gasteiger partial charge in [-0.05, 0) is 30.3 Å². The molecule has 0 spiro atoms. The molecule has 5 heteroatoms. The van der Waals surface area contributed by atoms with Gasteiger partial charge in [0, 0.05) is 0 Å². The Kier molecular flexibility index (Phi) is 4.10. The van der Waals surface area contributed by atoms with Crippen LogP contribution >= 0.6 is 0 Å². The fourth-order valence-corrected chi connectivity index (χ4v) is 1.57. The average molecular weight is 259 g/mol. The van der Waals surface area contributed by atoms with E-state index in [1.165, 1.54) is 12.1 Å². The highest BCUT2D eigenvalue weighted by Gasteiger charge is 2.03. The van der Waals surface area contributed by atoms with Crippen LogP contribution < -0.4 is 4.74 Å². The lowest BCUT2D eigenvalue weighted by Crippen LogP contribution is -2.01. The summed E-state index contributed by atoms with van der Waals surface area (Å²) in [5.41, 5.74) is 1.42. The number of aliphatic hydroxyl groups is 1. The molecule has 2 aromatic rings. The number of pyridine rings is 1. The number of aldehydes is 1. The number of aliphatic hydroxyl groups excluding tert-OH is 1. The van der Waals surface area contributed by atoms with E-state index in [4.69, 9.17) is 9.84 Å². The zero-order chi connectivity index (χ0) is 13.7. The molecule has 0 unspecified atom stereocenters. The molecule has 1 aromatic carbocycles. The largest absolute Gasteiger partial charge is 0.507 e. The average Bonchev–Trinajstić information content (AvgIpc) is 2.46. The molecule has 1 heterocycles. The van der Waals surface area contributed by atoms with Crippen LogP contribution in [0.15, 0.2) is 36.4 Å². The smallest absolute Gasteiger partial charge is 0.153 e. The second-order valence-electron chi connectivity index (χ2n) is 3.91. The summed E-state index contributed by atoms with van der Waals surface area (Å²) in [5.74, 6) is 0.388. The van der Waals surface area contributed by atoms with Crippen molar-refractivity contribution in [3.8, 4) is 11.5 Å². The van der Waals surface area contributed by atoms with E-state index in [-0.39, 0.29) is 24.5 Å². The number of aromatic nitrogens is 1. The molecule has 0 radical (unpaired) electrons. The molecule has 2 N–H and O–H groups in total. The fraction of sp³-hybridized carbons (Fsp3) is 0.143. The van der Waals surface area contributed by atoms with Gasteiger partial charge in [-0.25, -0.2) is 0 Å². The minimum atomic E-state index is -0.123. The summed E-state index contributed by atoms with van der Waals surface area (Å²) in [6.07, 6.45) is 0.562. The predicted octanol–water partition coefficient (Wildman–Crippen LogP) is 1.67. The Labute approximate surface area is 110 Å². The molecular weight excluding hydrogens is 246 g/mol. The van der Waals surface area contributed by atoms with Crippen molar-refractivity contribution in [3.63, 3.8) is 0 Å². The van der Waals surface area contributed by atoms with Crippen LogP contribution in [0.4, 0.5) is 0 Å². The van der Waals surface area contributed by atoms with Crippen LogP contribution in [0.5, 0.6) is 11.5 Å². The summed E-state index contributed by atoms with van der Waals surface area (Å²) in [6, 6.07) is 9.70. The van der Waals surface area contributed by atoms with Gasteiger partial charge in [0.05, 0.1) is 23.6 Å². The van der Waals surface area contributed by atoms with Gasteiger partial charge in [0.15, 0.2) is 6.29 Å². The molecule has 0 aliphatic heterocycles. The maximum atomic E-state index is 10.7. The summed E-state index contributed by atoms with van der Waals surface area (Å²) in [7, 11) is 0. The van der Waals surface area contributed by atoms with Crippen molar-refractivity contribution in [3.05, 3.63) is 53.3 Å². The zero-order valence-corrected chi connectivity index (χ0v) is 10.1. The first-order valence-corrected chi connectivity index (χ1v) is 5.69. The fourth-order valence-electron chi connectivity index (χ4n) is 1.57. The van der Waals surface area contributed by atoms with Crippen molar-refractivity contribution in [1.29, 1.82) is 0 Å². The quantitative estimate of drug-likeness (QED) is 0.798. The number of aromatic hydroxyl groups is 1. The van der Waals surface area contributed by atoms with Gasteiger partial charge in [-0.2, -0.15) is 0 Å². The molecular formula is C14H13NO4. The van der Waals surface area contributed by atoms with Crippen molar-refractivity contribution in [2.24, 2.45) is 0 Å². The topological polar surface area (TPSA) is 79.7 Å². The molecule has 1 aromatic heterocycles. The summed E-state index contributed by atoms with van der Waals surface area (Å²) < 4.78 is 5.47. The number of rotatable bonds is 5. The van der Waals surface area contributed by atoms with Crippen molar-refractivity contribution in [2.45, 2.75) is 13.2 Å². The van der Waals surface area contributed by atoms with E-state index < -0.39 is 0 Å². The number of benzene rings is 1. The number of hydrogen-bond acceptors (Lipinski definition) is 5. The number of nitrogens with zero attached hydrogens (tertiary/aromatic N) is 1. The molecule has 0 atom stereocenters. The first-order valence-electron chi connectivity index (χ1n) is 5.69. The number of carbonyl (C=O) groups excluding carboxylic acids is 1. The van der Waals surface area contributed by atoms with E-state index >= 15 is 0 Å². The van der Waals surface area contributed by atoms with Gasteiger partial charge in [-0.1, -0.05) is 6.07 Å². The molecule has 0 amide bonds. The van der Waals surface area contributed by atoms with E-state index in [0.717, 1.165) is 0 Å². The normalized spacial score (nSPS) is 10.2. The summed E-state index contributed by atoms with van der Waals surface area (Å²) in [5, 5.41) is 18.3. The Morgan fingerprint density at radius 2 is 2.00 bits per heavy atom. The molecule has 19 heavy (non-hydrogen) atoms. The maximum absolute atomic E-state index is 10.7. The summed E-state index contributed by atoms with van der Waals surface area (Å²) >= 11 is 0. The van der Waals surface area contributed by atoms with Crippen LogP contribution in [0.3, 0.4) is 0 Å². The molecule has 5 nitrogen and oxygen atoms in total. The number of hydrogen-bond donors (Lipinski definition) is 2. The second kappa shape index (κ2) is 5.97. The number of phenols is 1. The SMILES string of the molecule is O=Cc1cc(OCc2cccc(CO)n2)ccc1O. The molecule has 0 saturated heterocycles. The van der Waals surface area contributed by atoms with E-state index in [0.29, 0.717) is 23.4 Å². The Hall–Kier alpha value is -2.40. The van der Waals surface area contributed by atoms with Crippen LogP contribution in [-0.2, 0) is 13.2 Å². The Morgan fingerprint density at radius 3 is 2.74 bits per heavy atom. The molecule has 0 fully saturated rings. The van der Waals surface area contributed by atoms with Gasteiger partial charge >= 0.3 is 0 Å². The van der Waals surface area contributed by atoms with Gasteiger partial charge in [0.2, 0.25) is 0 Å². The lowest BCUT2D eigenvalue weighted by atomic mass is 10.2. The predicted molar refractivity (Wildman–Crippen MR) is 68.0 cm³/mol.